The number of H-pyrrole nitrogens is 1. The number of aliphatic hydroxyl groups is 1. The highest BCUT2D eigenvalue weighted by atomic mass is 32.1. The van der Waals surface area contributed by atoms with E-state index in [2.05, 4.69) is 90.7 Å². The van der Waals surface area contributed by atoms with E-state index in [-0.39, 0.29) is 34.3 Å². The minimum atomic E-state index is -2.20. The number of hydrogen-bond acceptors (Lipinski definition) is 10. The van der Waals surface area contributed by atoms with Crippen LogP contribution in [0.5, 0.6) is 5.75 Å². The van der Waals surface area contributed by atoms with Crippen LogP contribution in [0.4, 0.5) is 0 Å². The van der Waals surface area contributed by atoms with Crippen molar-refractivity contribution in [3.63, 3.8) is 0 Å². The van der Waals surface area contributed by atoms with E-state index in [1.165, 1.54) is 17.4 Å². The van der Waals surface area contributed by atoms with Crippen LogP contribution < -0.4 is 10.9 Å². The topological polar surface area (TPSA) is 166 Å². The van der Waals surface area contributed by atoms with E-state index >= 15 is 0 Å². The van der Waals surface area contributed by atoms with Gasteiger partial charge in [-0.3, -0.25) is 4.79 Å². The maximum absolute atomic E-state index is 12.5. The zero-order chi connectivity index (χ0) is 42.1. The van der Waals surface area contributed by atoms with Gasteiger partial charge in [0, 0.05) is 43.0 Å². The highest BCUT2D eigenvalue weighted by Gasteiger charge is 2.49. The number of benzene rings is 2. The number of nitrogens with one attached hydrogen (secondary N) is 2. The zero-order valence-corrected chi connectivity index (χ0v) is 37.3. The standard InChI is InChI=1S/C45H62N6O6SSi/c1-44(2,3)59(5,6)57-39(34-17-20-38(52)41-35(34)18-21-40(53)47-41)28-46-27-29-12-19-37-36(26-29)48-49-51(37)24-9-23-50(4)32-15-13-30(14-16-32)33-22-25-58-42(33)45(56,43(54)55)31-10-7-8-11-31/h12,17-22,25-26,30-32,39,46,52,56H,7-11,13-16,23-24,27-28H2,1-6H3,(H,47,53)(H,54,55)/t30-,32-,39-,45+/m0/s1. The fraction of sp³-hybridized carbons (Fsp3) is 0.556. The molecule has 0 unspecified atom stereocenters. The lowest BCUT2D eigenvalue weighted by Gasteiger charge is -2.39. The molecule has 7 rings (SSSR count). The second-order valence-electron chi connectivity index (χ2n) is 18.5. The molecule has 2 aliphatic carbocycles. The van der Waals surface area contributed by atoms with E-state index in [0.717, 1.165) is 104 Å². The molecule has 0 amide bonds. The Kier molecular flexibility index (Phi) is 12.9. The Morgan fingerprint density at radius 2 is 1.81 bits per heavy atom. The van der Waals surface area contributed by atoms with Gasteiger partial charge in [0.1, 0.15) is 11.3 Å². The Morgan fingerprint density at radius 1 is 1.07 bits per heavy atom. The van der Waals surface area contributed by atoms with Gasteiger partial charge in [-0.25, -0.2) is 9.48 Å². The molecule has 2 aromatic carbocycles. The second-order valence-corrected chi connectivity index (χ2v) is 24.2. The molecule has 59 heavy (non-hydrogen) atoms. The van der Waals surface area contributed by atoms with Crippen molar-refractivity contribution >= 4 is 47.6 Å². The molecule has 5 aromatic rings. The van der Waals surface area contributed by atoms with E-state index in [1.807, 2.05) is 16.1 Å². The fourth-order valence-electron chi connectivity index (χ4n) is 9.16. The van der Waals surface area contributed by atoms with Crippen LogP contribution in [0, 0.1) is 5.92 Å². The molecule has 318 valence electrons. The number of carboxylic acid groups (broad SMARTS) is 1. The van der Waals surface area contributed by atoms with Crippen molar-refractivity contribution < 1.29 is 24.5 Å². The van der Waals surface area contributed by atoms with Gasteiger partial charge in [-0.1, -0.05) is 51.0 Å². The number of aryl methyl sites for hydroxylation is 1. The lowest BCUT2D eigenvalue weighted by Crippen LogP contribution is -2.43. The van der Waals surface area contributed by atoms with Crippen LogP contribution in [0.1, 0.15) is 112 Å². The first-order valence-electron chi connectivity index (χ1n) is 21.4. The van der Waals surface area contributed by atoms with Crippen molar-refractivity contribution in [3.8, 4) is 5.75 Å². The predicted molar refractivity (Wildman–Crippen MR) is 237 cm³/mol. The molecule has 0 bridgehead atoms. The quantitative estimate of drug-likeness (QED) is 0.0609. The number of hydrogen-bond donors (Lipinski definition) is 5. The van der Waals surface area contributed by atoms with E-state index in [4.69, 9.17) is 4.43 Å². The number of nitrogens with zero attached hydrogens (tertiary/aromatic N) is 4. The van der Waals surface area contributed by atoms with Crippen LogP contribution in [0.2, 0.25) is 18.1 Å². The van der Waals surface area contributed by atoms with Gasteiger partial charge in [-0.05, 0) is 135 Å². The van der Waals surface area contributed by atoms with Crippen molar-refractivity contribution in [2.24, 2.45) is 5.92 Å². The highest BCUT2D eigenvalue weighted by molar-refractivity contribution is 7.10. The maximum Gasteiger partial charge on any atom is 0.341 e. The molecule has 14 heteroatoms. The van der Waals surface area contributed by atoms with Gasteiger partial charge in [0.2, 0.25) is 5.56 Å². The molecule has 0 radical (unpaired) electrons. The van der Waals surface area contributed by atoms with Crippen LogP contribution in [0.25, 0.3) is 21.9 Å². The summed E-state index contributed by atoms with van der Waals surface area (Å²) in [6, 6.07) is 15.6. The Balaban J connectivity index is 0.930. The summed E-state index contributed by atoms with van der Waals surface area (Å²) in [5, 5.41) is 47.7. The third-order valence-electron chi connectivity index (χ3n) is 13.7. The molecule has 5 N–H and O–H groups in total. The SMILES string of the molecule is CN(CCCn1nnc2cc(CNC[C@H](O[Si](C)(C)C(C)(C)C)c3ccc(O)c4[nH]c(=O)ccc34)ccc21)[C@H]1CC[C@H](c2ccsc2[C@@](O)(C(=O)O)C2CCCC2)CC1. The van der Waals surface area contributed by atoms with Crippen molar-refractivity contribution in [2.45, 2.75) is 133 Å². The summed E-state index contributed by atoms with van der Waals surface area (Å²) < 4.78 is 8.97. The summed E-state index contributed by atoms with van der Waals surface area (Å²) in [5.41, 5.74) is 3.29. The number of aliphatic carboxylic acids is 1. The number of carboxylic acids is 1. The number of fused-ring (bicyclic) bond motifs is 2. The molecule has 12 nitrogen and oxygen atoms in total. The lowest BCUT2D eigenvalue weighted by molar-refractivity contribution is -0.166. The smallest absolute Gasteiger partial charge is 0.341 e. The molecule has 2 fully saturated rings. The number of phenolic OH excluding ortho intramolecular Hbond substituents is 1. The largest absolute Gasteiger partial charge is 0.506 e. The molecule has 0 aliphatic heterocycles. The molecule has 0 spiro atoms. The van der Waals surface area contributed by atoms with Crippen molar-refractivity contribution in [1.29, 1.82) is 0 Å². The van der Waals surface area contributed by atoms with Crippen LogP contribution in [0.3, 0.4) is 0 Å². The van der Waals surface area contributed by atoms with Gasteiger partial charge in [0.25, 0.3) is 0 Å². The molecule has 2 atom stereocenters. The minimum Gasteiger partial charge on any atom is -0.506 e. The number of aromatic amines is 1. The molecular formula is C45H62N6O6SSi. The molecule has 2 saturated carbocycles. The average Bonchev–Trinajstić information content (AvgIpc) is 4.00. The summed E-state index contributed by atoms with van der Waals surface area (Å²) in [6.45, 7) is 14.0. The van der Waals surface area contributed by atoms with E-state index in [0.29, 0.717) is 29.5 Å². The Bertz CT molecular complexity index is 2300. The first-order chi connectivity index (χ1) is 28.1. The average molecular weight is 843 g/mol. The van der Waals surface area contributed by atoms with Crippen LogP contribution in [-0.2, 0) is 27.9 Å². The minimum absolute atomic E-state index is 0.0107. The number of carbonyl (C=O) groups is 1. The highest BCUT2D eigenvalue weighted by Crippen LogP contribution is 2.48. The monoisotopic (exact) mass is 842 g/mol. The third kappa shape index (κ3) is 9.08. The van der Waals surface area contributed by atoms with Crippen molar-refractivity contribution in [1.82, 2.24) is 30.2 Å². The van der Waals surface area contributed by atoms with Gasteiger partial charge < -0.3 is 34.9 Å². The van der Waals surface area contributed by atoms with Crippen molar-refractivity contribution in [3.05, 3.63) is 85.8 Å². The first-order valence-corrected chi connectivity index (χ1v) is 25.1. The first kappa shape index (κ1) is 43.2. The fourth-order valence-corrected chi connectivity index (χ4v) is 11.6. The number of aromatic nitrogens is 4. The van der Waals surface area contributed by atoms with Gasteiger partial charge >= 0.3 is 5.97 Å². The van der Waals surface area contributed by atoms with E-state index in [9.17, 15) is 24.9 Å². The lowest BCUT2D eigenvalue weighted by atomic mass is 9.76. The summed E-state index contributed by atoms with van der Waals surface area (Å²) in [4.78, 5) is 30.5. The normalized spacial score (nSPS) is 19.8. The van der Waals surface area contributed by atoms with Crippen LogP contribution in [-0.4, -0.2) is 80.7 Å². The predicted octanol–water partition coefficient (Wildman–Crippen LogP) is 8.40. The number of aromatic hydroxyl groups is 1. The van der Waals surface area contributed by atoms with Crippen LogP contribution in [0.15, 0.2) is 58.7 Å². The molecular weight excluding hydrogens is 781 g/mol. The zero-order valence-electron chi connectivity index (χ0n) is 35.5. The number of phenols is 1. The number of rotatable bonds is 16. The van der Waals surface area contributed by atoms with Gasteiger partial charge in [0.15, 0.2) is 13.9 Å². The summed E-state index contributed by atoms with van der Waals surface area (Å²) in [6.07, 6.45) is 8.21. The second kappa shape index (κ2) is 17.6. The molecule has 2 aliphatic rings. The Labute approximate surface area is 352 Å². The summed E-state index contributed by atoms with van der Waals surface area (Å²) in [7, 11) is -0.000202. The molecule has 3 heterocycles. The summed E-state index contributed by atoms with van der Waals surface area (Å²) in [5.74, 6) is -1.01. The Hall–Kier alpha value is -3.92. The van der Waals surface area contributed by atoms with E-state index < -0.39 is 19.9 Å². The third-order valence-corrected chi connectivity index (χ3v) is 19.2. The maximum atomic E-state index is 12.5. The van der Waals surface area contributed by atoms with Crippen molar-refractivity contribution in [2.75, 3.05) is 20.1 Å². The Morgan fingerprint density at radius 3 is 2.53 bits per heavy atom. The van der Waals surface area contributed by atoms with Crippen LogP contribution >= 0.6 is 11.3 Å². The molecule has 0 saturated heterocycles. The molecule has 3 aromatic heterocycles. The summed E-state index contributed by atoms with van der Waals surface area (Å²) >= 11 is 1.41. The number of thiophene rings is 1. The van der Waals surface area contributed by atoms with Gasteiger partial charge in [-0.15, -0.1) is 16.4 Å². The van der Waals surface area contributed by atoms with Gasteiger partial charge in [-0.2, -0.15) is 0 Å². The van der Waals surface area contributed by atoms with E-state index in [1.54, 1.807) is 12.1 Å². The number of pyridine rings is 1. The van der Waals surface area contributed by atoms with Gasteiger partial charge in [0.05, 0.1) is 22.0 Å².